The number of H-pyrrole nitrogens is 1. The maximum absolute atomic E-state index is 13.0. The predicted octanol–water partition coefficient (Wildman–Crippen LogP) is 3.92. The van der Waals surface area contributed by atoms with E-state index in [1.165, 1.54) is 17.7 Å². The van der Waals surface area contributed by atoms with Gasteiger partial charge in [-0.1, -0.05) is 24.3 Å². The molecular weight excluding hydrogens is 443 g/mol. The number of benzene rings is 2. The second kappa shape index (κ2) is 9.23. The molecule has 1 saturated heterocycles. The largest absolute Gasteiger partial charge is 0.416 e. The molecule has 0 radical (unpaired) electrons. The second-order valence-corrected chi connectivity index (χ2v) is 8.76. The van der Waals surface area contributed by atoms with Crippen LogP contribution in [0.25, 0.3) is 16.6 Å². The van der Waals surface area contributed by atoms with Crippen molar-refractivity contribution in [2.75, 3.05) is 39.3 Å². The number of rotatable bonds is 4. The lowest BCUT2D eigenvalue weighted by Gasteiger charge is -2.34. The van der Waals surface area contributed by atoms with Gasteiger partial charge in [0.05, 0.1) is 16.6 Å². The fourth-order valence-electron chi connectivity index (χ4n) is 4.51. The van der Waals surface area contributed by atoms with Crippen molar-refractivity contribution < 1.29 is 18.0 Å². The fraction of sp³-hybridized carbons (Fsp3) is 0.360. The zero-order valence-electron chi connectivity index (χ0n) is 18.7. The smallest absolute Gasteiger partial charge is 0.334 e. The molecule has 2 aromatic carbocycles. The van der Waals surface area contributed by atoms with Crippen LogP contribution in [0.4, 0.5) is 13.2 Å². The molecule has 34 heavy (non-hydrogen) atoms. The second-order valence-electron chi connectivity index (χ2n) is 8.76. The van der Waals surface area contributed by atoms with Gasteiger partial charge in [-0.2, -0.15) is 13.2 Å². The third-order valence-electron chi connectivity index (χ3n) is 6.47. The van der Waals surface area contributed by atoms with Crippen molar-refractivity contribution in [1.82, 2.24) is 25.1 Å². The topological polar surface area (TPSA) is 64.3 Å². The van der Waals surface area contributed by atoms with Crippen LogP contribution in [0.3, 0.4) is 0 Å². The summed E-state index contributed by atoms with van der Waals surface area (Å²) in [7, 11) is 0. The van der Waals surface area contributed by atoms with Crippen molar-refractivity contribution in [1.29, 1.82) is 0 Å². The van der Waals surface area contributed by atoms with Crippen LogP contribution in [-0.4, -0.2) is 64.9 Å². The van der Waals surface area contributed by atoms with Crippen molar-refractivity contribution in [3.8, 4) is 0 Å². The minimum Gasteiger partial charge on any atom is -0.334 e. The number of nitrogens with one attached hydrogen (secondary N) is 2. The maximum atomic E-state index is 13.0. The monoisotopic (exact) mass is 469 g/mol. The Bertz CT molecular complexity index is 1210. The summed E-state index contributed by atoms with van der Waals surface area (Å²) in [6, 6.07) is 11.3. The Kier molecular flexibility index (Phi) is 6.14. The van der Waals surface area contributed by atoms with E-state index in [1.54, 1.807) is 4.90 Å². The van der Waals surface area contributed by atoms with E-state index in [2.05, 4.69) is 38.4 Å². The van der Waals surface area contributed by atoms with Gasteiger partial charge in [-0.3, -0.25) is 9.69 Å². The molecule has 2 N–H and O–H groups in total. The van der Waals surface area contributed by atoms with Crippen LogP contribution >= 0.6 is 0 Å². The molecule has 0 aliphatic carbocycles. The quantitative estimate of drug-likeness (QED) is 0.608. The van der Waals surface area contributed by atoms with E-state index >= 15 is 0 Å². The number of fused-ring (bicyclic) bond motifs is 1. The normalized spacial score (nSPS) is 17.7. The lowest BCUT2D eigenvalue weighted by Crippen LogP contribution is -2.48. The molecule has 5 rings (SSSR count). The summed E-state index contributed by atoms with van der Waals surface area (Å²) in [6.45, 7) is 4.77. The molecule has 1 amide bonds. The molecule has 3 aromatic rings. The first-order valence-electron chi connectivity index (χ1n) is 11.4. The van der Waals surface area contributed by atoms with Crippen LogP contribution in [0.1, 0.15) is 33.7 Å². The summed E-state index contributed by atoms with van der Waals surface area (Å²) in [4.78, 5) is 24.7. The molecule has 1 fully saturated rings. The highest BCUT2D eigenvalue weighted by molar-refractivity contribution is 5.94. The number of carbonyl (C=O) groups is 1. The van der Waals surface area contributed by atoms with Gasteiger partial charge in [-0.15, -0.1) is 0 Å². The van der Waals surface area contributed by atoms with Gasteiger partial charge in [-0.25, -0.2) is 4.98 Å². The Morgan fingerprint density at radius 3 is 2.47 bits per heavy atom. The molecule has 0 bridgehead atoms. The molecule has 1 aromatic heterocycles. The Morgan fingerprint density at radius 2 is 1.79 bits per heavy atom. The number of imidazole rings is 1. The Balaban J connectivity index is 1.20. The van der Waals surface area contributed by atoms with E-state index in [0.717, 1.165) is 53.8 Å². The molecule has 3 heterocycles. The molecule has 6 nitrogen and oxygen atoms in total. The van der Waals surface area contributed by atoms with Gasteiger partial charge in [0.15, 0.2) is 5.82 Å². The summed E-state index contributed by atoms with van der Waals surface area (Å²) >= 11 is 0. The van der Waals surface area contributed by atoms with E-state index in [4.69, 9.17) is 0 Å². The number of aromatic amines is 1. The minimum atomic E-state index is -4.33. The molecule has 0 atom stereocenters. The van der Waals surface area contributed by atoms with E-state index in [-0.39, 0.29) is 5.91 Å². The first-order valence-corrected chi connectivity index (χ1v) is 11.4. The van der Waals surface area contributed by atoms with Gasteiger partial charge in [0.2, 0.25) is 0 Å². The fourth-order valence-corrected chi connectivity index (χ4v) is 4.51. The first kappa shape index (κ1) is 22.6. The number of halogens is 3. The summed E-state index contributed by atoms with van der Waals surface area (Å²) in [5.41, 5.74) is 4.24. The van der Waals surface area contributed by atoms with Gasteiger partial charge in [0.25, 0.3) is 5.91 Å². The Hall–Kier alpha value is -3.17. The Morgan fingerprint density at radius 1 is 1.03 bits per heavy atom. The van der Waals surface area contributed by atoms with Crippen LogP contribution < -0.4 is 5.32 Å². The summed E-state index contributed by atoms with van der Waals surface area (Å²) in [5, 5.41) is 3.31. The zero-order chi connectivity index (χ0) is 23.7. The lowest BCUT2D eigenvalue weighted by atomic mass is 10.00. The molecule has 2 aliphatic heterocycles. The predicted molar refractivity (Wildman–Crippen MR) is 124 cm³/mol. The minimum absolute atomic E-state index is 0.131. The average molecular weight is 470 g/mol. The third kappa shape index (κ3) is 4.85. The highest BCUT2D eigenvalue weighted by Gasteiger charge is 2.30. The van der Waals surface area contributed by atoms with Gasteiger partial charge < -0.3 is 15.2 Å². The van der Waals surface area contributed by atoms with Gasteiger partial charge in [0.1, 0.15) is 0 Å². The van der Waals surface area contributed by atoms with Gasteiger partial charge >= 0.3 is 6.18 Å². The summed E-state index contributed by atoms with van der Waals surface area (Å²) < 4.78 is 38.2. The van der Waals surface area contributed by atoms with Crippen molar-refractivity contribution in [3.05, 3.63) is 71.1 Å². The van der Waals surface area contributed by atoms with E-state index < -0.39 is 11.7 Å². The summed E-state index contributed by atoms with van der Waals surface area (Å²) in [5.74, 6) is 0.204. The average Bonchev–Trinajstić information content (AvgIpc) is 3.28. The van der Waals surface area contributed by atoms with E-state index in [0.29, 0.717) is 38.5 Å². The van der Waals surface area contributed by atoms with Crippen molar-refractivity contribution >= 4 is 22.5 Å². The van der Waals surface area contributed by atoms with Crippen molar-refractivity contribution in [3.63, 3.8) is 0 Å². The molecule has 0 spiro atoms. The number of hydrogen-bond acceptors (Lipinski definition) is 4. The number of carbonyl (C=O) groups excluding carboxylic acids is 1. The molecule has 9 heteroatoms. The number of amides is 1. The molecule has 0 unspecified atom stereocenters. The number of alkyl halides is 3. The lowest BCUT2D eigenvalue weighted by molar-refractivity contribution is -0.137. The number of aromatic nitrogens is 2. The first-order chi connectivity index (χ1) is 16.4. The molecule has 2 aliphatic rings. The van der Waals surface area contributed by atoms with E-state index in [1.807, 2.05) is 6.07 Å². The Labute approximate surface area is 195 Å². The van der Waals surface area contributed by atoms with Crippen LogP contribution in [0, 0.1) is 0 Å². The van der Waals surface area contributed by atoms with Gasteiger partial charge in [0, 0.05) is 39.3 Å². The van der Waals surface area contributed by atoms with Crippen molar-refractivity contribution in [2.45, 2.75) is 19.1 Å². The zero-order valence-corrected chi connectivity index (χ0v) is 18.7. The van der Waals surface area contributed by atoms with Crippen molar-refractivity contribution in [2.24, 2.45) is 0 Å². The van der Waals surface area contributed by atoms with Crippen LogP contribution in [0.5, 0.6) is 0 Å². The van der Waals surface area contributed by atoms with Gasteiger partial charge in [-0.05, 0) is 53.9 Å². The van der Waals surface area contributed by atoms with Crippen LogP contribution in [-0.2, 0) is 12.7 Å². The number of piperazine rings is 1. The molecule has 178 valence electrons. The number of hydrogen-bond donors (Lipinski definition) is 2. The van der Waals surface area contributed by atoms with Crippen LogP contribution in [0.15, 0.2) is 48.5 Å². The van der Waals surface area contributed by atoms with E-state index in [9.17, 15) is 18.0 Å². The highest BCUT2D eigenvalue weighted by atomic mass is 19.4. The third-order valence-corrected chi connectivity index (χ3v) is 6.47. The SMILES string of the molecule is O=C(c1nc2ccc(C3=CCNCC3)cc2[nH]1)N1CCN(Cc2ccc(C(F)(F)F)cc2)CC1. The molecular formula is C25H26F3N5O. The number of nitrogens with zero attached hydrogens (tertiary/aromatic N) is 3. The van der Waals surface area contributed by atoms with Crippen LogP contribution in [0.2, 0.25) is 0 Å². The molecule has 0 saturated carbocycles. The standard InChI is InChI=1S/C25H26F3N5O/c26-25(27,28)20-4-1-17(2-5-20)16-32-11-13-33(14-12-32)24(34)23-30-21-6-3-19(15-22(21)31-23)18-7-9-29-10-8-18/h1-7,15,29H,8-14,16H2,(H,30,31). The highest BCUT2D eigenvalue weighted by Crippen LogP contribution is 2.29. The summed E-state index contributed by atoms with van der Waals surface area (Å²) in [6.07, 6.45) is -1.16. The maximum Gasteiger partial charge on any atom is 0.416 e.